The van der Waals surface area contributed by atoms with Crippen molar-refractivity contribution in [2.24, 2.45) is 0 Å². The van der Waals surface area contributed by atoms with E-state index in [2.05, 4.69) is 21.9 Å². The molecule has 1 atom stereocenters. The zero-order valence-corrected chi connectivity index (χ0v) is 10.9. The molecule has 6 heteroatoms. The summed E-state index contributed by atoms with van der Waals surface area (Å²) in [5.74, 6) is 0.146. The first-order chi connectivity index (χ1) is 9.10. The predicted molar refractivity (Wildman–Crippen MR) is 70.1 cm³/mol. The first kappa shape index (κ1) is 13.5. The summed E-state index contributed by atoms with van der Waals surface area (Å²) in [6.45, 7) is 6.44. The summed E-state index contributed by atoms with van der Waals surface area (Å²) in [7, 11) is 0. The van der Waals surface area contributed by atoms with E-state index in [0.29, 0.717) is 18.9 Å². The van der Waals surface area contributed by atoms with Crippen molar-refractivity contribution in [1.29, 1.82) is 0 Å². The van der Waals surface area contributed by atoms with Gasteiger partial charge in [-0.15, -0.1) is 0 Å². The molecule has 1 aromatic heterocycles. The molecule has 0 saturated carbocycles. The van der Waals surface area contributed by atoms with Gasteiger partial charge in [0.2, 0.25) is 5.91 Å². The summed E-state index contributed by atoms with van der Waals surface area (Å²) in [6, 6.07) is 0.00134. The highest BCUT2D eigenvalue weighted by Crippen LogP contribution is 2.17. The van der Waals surface area contributed by atoms with Crippen molar-refractivity contribution >= 4 is 11.7 Å². The summed E-state index contributed by atoms with van der Waals surface area (Å²) >= 11 is 0. The standard InChI is InChI=1S/C13H17FN4O/c1-3-12(19)18-6-4-5-10(8-18)17-13-11(14)7-15-9(2)16-13/h3,7,10H,1,4-6,8H2,2H3,(H,15,16,17)/t10-/m1/s1. The summed E-state index contributed by atoms with van der Waals surface area (Å²) in [6.07, 6.45) is 4.21. The first-order valence-electron chi connectivity index (χ1n) is 6.27. The second-order valence-corrected chi connectivity index (χ2v) is 4.59. The van der Waals surface area contributed by atoms with E-state index >= 15 is 0 Å². The largest absolute Gasteiger partial charge is 0.363 e. The predicted octanol–water partition coefficient (Wildman–Crippen LogP) is 1.51. The zero-order valence-electron chi connectivity index (χ0n) is 10.9. The van der Waals surface area contributed by atoms with Crippen molar-refractivity contribution in [3.05, 3.63) is 30.5 Å². The number of aromatic nitrogens is 2. The number of aryl methyl sites for hydroxylation is 1. The van der Waals surface area contributed by atoms with Gasteiger partial charge in [-0.2, -0.15) is 0 Å². The third kappa shape index (κ3) is 3.27. The van der Waals surface area contributed by atoms with Gasteiger partial charge in [0.05, 0.1) is 6.20 Å². The fourth-order valence-electron chi connectivity index (χ4n) is 2.17. The number of anilines is 1. The number of nitrogens with one attached hydrogen (secondary N) is 1. The molecule has 1 amide bonds. The Morgan fingerprint density at radius 3 is 3.21 bits per heavy atom. The molecule has 19 heavy (non-hydrogen) atoms. The smallest absolute Gasteiger partial charge is 0.246 e. The number of nitrogens with zero attached hydrogens (tertiary/aromatic N) is 3. The van der Waals surface area contributed by atoms with Gasteiger partial charge in [-0.05, 0) is 25.8 Å². The minimum Gasteiger partial charge on any atom is -0.363 e. The van der Waals surface area contributed by atoms with E-state index in [1.165, 1.54) is 6.08 Å². The molecule has 1 fully saturated rings. The summed E-state index contributed by atoms with van der Waals surface area (Å²) < 4.78 is 13.6. The van der Waals surface area contributed by atoms with Crippen LogP contribution in [0.25, 0.3) is 0 Å². The van der Waals surface area contributed by atoms with E-state index in [1.807, 2.05) is 0 Å². The third-order valence-corrected chi connectivity index (χ3v) is 3.11. The molecule has 0 aliphatic carbocycles. The molecule has 0 radical (unpaired) electrons. The molecule has 1 saturated heterocycles. The maximum atomic E-state index is 13.6. The zero-order chi connectivity index (χ0) is 13.8. The van der Waals surface area contributed by atoms with E-state index < -0.39 is 5.82 Å². The number of hydrogen-bond donors (Lipinski definition) is 1. The molecule has 0 unspecified atom stereocenters. The van der Waals surface area contributed by atoms with Crippen molar-refractivity contribution in [2.45, 2.75) is 25.8 Å². The number of carbonyl (C=O) groups is 1. The Hall–Kier alpha value is -1.98. The molecule has 1 aromatic rings. The Bertz CT molecular complexity index is 492. The van der Waals surface area contributed by atoms with Crippen LogP contribution in [0.2, 0.25) is 0 Å². The summed E-state index contributed by atoms with van der Waals surface area (Å²) in [5, 5.41) is 3.04. The van der Waals surface area contributed by atoms with E-state index in [1.54, 1.807) is 11.8 Å². The molecule has 1 aliphatic rings. The maximum absolute atomic E-state index is 13.6. The van der Waals surface area contributed by atoms with Gasteiger partial charge in [0.25, 0.3) is 0 Å². The second kappa shape index (κ2) is 5.77. The summed E-state index contributed by atoms with van der Waals surface area (Å²) in [5.41, 5.74) is 0. The van der Waals surface area contributed by atoms with Gasteiger partial charge in [0, 0.05) is 19.1 Å². The van der Waals surface area contributed by atoms with E-state index in [9.17, 15) is 9.18 Å². The number of piperidine rings is 1. The van der Waals surface area contributed by atoms with E-state index in [0.717, 1.165) is 19.0 Å². The van der Waals surface area contributed by atoms with Crippen molar-refractivity contribution in [3.8, 4) is 0 Å². The molecule has 2 rings (SSSR count). The fraction of sp³-hybridized carbons (Fsp3) is 0.462. The van der Waals surface area contributed by atoms with Crippen molar-refractivity contribution < 1.29 is 9.18 Å². The lowest BCUT2D eigenvalue weighted by molar-refractivity contribution is -0.127. The van der Waals surface area contributed by atoms with Gasteiger partial charge in [-0.1, -0.05) is 6.58 Å². The van der Waals surface area contributed by atoms with Crippen LogP contribution >= 0.6 is 0 Å². The topological polar surface area (TPSA) is 58.1 Å². The van der Waals surface area contributed by atoms with Crippen LogP contribution in [0, 0.1) is 12.7 Å². The Labute approximate surface area is 111 Å². The monoisotopic (exact) mass is 264 g/mol. The van der Waals surface area contributed by atoms with Crippen LogP contribution in [-0.4, -0.2) is 39.9 Å². The lowest BCUT2D eigenvalue weighted by Crippen LogP contribution is -2.44. The van der Waals surface area contributed by atoms with Gasteiger partial charge in [-0.25, -0.2) is 14.4 Å². The Kier molecular flexibility index (Phi) is 4.09. The first-order valence-corrected chi connectivity index (χ1v) is 6.27. The lowest BCUT2D eigenvalue weighted by Gasteiger charge is -2.32. The van der Waals surface area contributed by atoms with Crippen molar-refractivity contribution in [1.82, 2.24) is 14.9 Å². The van der Waals surface area contributed by atoms with Crippen LogP contribution in [0.4, 0.5) is 10.2 Å². The minimum atomic E-state index is -0.474. The van der Waals surface area contributed by atoms with Crippen LogP contribution in [0.5, 0.6) is 0 Å². The second-order valence-electron chi connectivity index (χ2n) is 4.59. The molecule has 1 N–H and O–H groups in total. The number of hydrogen-bond acceptors (Lipinski definition) is 4. The average Bonchev–Trinajstić information content (AvgIpc) is 2.42. The average molecular weight is 264 g/mol. The van der Waals surface area contributed by atoms with Crippen LogP contribution in [0.1, 0.15) is 18.7 Å². The highest BCUT2D eigenvalue weighted by Gasteiger charge is 2.23. The SMILES string of the molecule is C=CC(=O)N1CCC[C@@H](Nc2nc(C)ncc2F)C1. The Morgan fingerprint density at radius 2 is 2.47 bits per heavy atom. The molecule has 0 bridgehead atoms. The Balaban J connectivity index is 2.04. The van der Waals surface area contributed by atoms with Crippen molar-refractivity contribution in [3.63, 3.8) is 0 Å². The van der Waals surface area contributed by atoms with Gasteiger partial charge in [0.15, 0.2) is 11.6 Å². The number of halogens is 1. The number of rotatable bonds is 3. The molecule has 0 spiro atoms. The maximum Gasteiger partial charge on any atom is 0.246 e. The number of carbonyl (C=O) groups excluding carboxylic acids is 1. The van der Waals surface area contributed by atoms with Gasteiger partial charge >= 0.3 is 0 Å². The highest BCUT2D eigenvalue weighted by molar-refractivity contribution is 5.87. The minimum absolute atomic E-state index is 0.00134. The summed E-state index contributed by atoms with van der Waals surface area (Å²) in [4.78, 5) is 21.1. The van der Waals surface area contributed by atoms with Crippen LogP contribution in [0.3, 0.4) is 0 Å². The van der Waals surface area contributed by atoms with Crippen LogP contribution in [0.15, 0.2) is 18.9 Å². The van der Waals surface area contributed by atoms with Gasteiger partial charge < -0.3 is 10.2 Å². The van der Waals surface area contributed by atoms with E-state index in [-0.39, 0.29) is 17.8 Å². The lowest BCUT2D eigenvalue weighted by atomic mass is 10.1. The molecular formula is C13H17FN4O. The molecule has 0 aromatic carbocycles. The third-order valence-electron chi connectivity index (χ3n) is 3.11. The van der Waals surface area contributed by atoms with E-state index in [4.69, 9.17) is 0 Å². The number of amides is 1. The van der Waals surface area contributed by atoms with Gasteiger partial charge in [-0.3, -0.25) is 4.79 Å². The Morgan fingerprint density at radius 1 is 1.68 bits per heavy atom. The fourth-order valence-corrected chi connectivity index (χ4v) is 2.17. The quantitative estimate of drug-likeness (QED) is 0.841. The van der Waals surface area contributed by atoms with Crippen LogP contribution in [-0.2, 0) is 4.79 Å². The molecule has 5 nitrogen and oxygen atoms in total. The normalized spacial score (nSPS) is 19.1. The van der Waals surface area contributed by atoms with Gasteiger partial charge in [0.1, 0.15) is 5.82 Å². The highest BCUT2D eigenvalue weighted by atomic mass is 19.1. The molecule has 1 aliphatic heterocycles. The van der Waals surface area contributed by atoms with Crippen LogP contribution < -0.4 is 5.32 Å². The van der Waals surface area contributed by atoms with Crippen molar-refractivity contribution in [2.75, 3.05) is 18.4 Å². The molecule has 102 valence electrons. The molecule has 2 heterocycles. The number of likely N-dealkylation sites (tertiary alicyclic amines) is 1. The molecular weight excluding hydrogens is 247 g/mol.